The molecule has 24 heavy (non-hydrogen) atoms. The molecule has 4 heteroatoms. The van der Waals surface area contributed by atoms with Gasteiger partial charge in [0.1, 0.15) is 11.3 Å². The van der Waals surface area contributed by atoms with E-state index in [0.29, 0.717) is 6.54 Å². The van der Waals surface area contributed by atoms with Crippen LogP contribution in [0.15, 0.2) is 54.6 Å². The van der Waals surface area contributed by atoms with Crippen LogP contribution in [0.2, 0.25) is 0 Å². The summed E-state index contributed by atoms with van der Waals surface area (Å²) in [6.45, 7) is 2.28. The van der Waals surface area contributed by atoms with Crippen molar-refractivity contribution < 1.29 is 9.59 Å². The van der Waals surface area contributed by atoms with Crippen LogP contribution < -0.4 is 5.32 Å². The van der Waals surface area contributed by atoms with E-state index in [2.05, 4.69) is 10.2 Å². The second-order valence-electron chi connectivity index (χ2n) is 6.75. The van der Waals surface area contributed by atoms with Gasteiger partial charge in [0.25, 0.3) is 0 Å². The minimum Gasteiger partial charge on any atom is -0.324 e. The van der Waals surface area contributed by atoms with E-state index in [1.54, 1.807) is 6.92 Å². The van der Waals surface area contributed by atoms with Crippen molar-refractivity contribution in [3.8, 4) is 0 Å². The molecule has 122 valence electrons. The van der Waals surface area contributed by atoms with Crippen LogP contribution in [0.3, 0.4) is 0 Å². The Hall–Kier alpha value is -2.46. The highest BCUT2D eigenvalue weighted by atomic mass is 16.2. The van der Waals surface area contributed by atoms with Gasteiger partial charge < -0.3 is 5.32 Å². The predicted molar refractivity (Wildman–Crippen MR) is 92.7 cm³/mol. The van der Waals surface area contributed by atoms with Crippen LogP contribution in [0.4, 0.5) is 5.69 Å². The lowest BCUT2D eigenvalue weighted by molar-refractivity contribution is -0.134. The Morgan fingerprint density at radius 2 is 1.79 bits per heavy atom. The molecule has 1 spiro atoms. The first kappa shape index (κ1) is 15.1. The van der Waals surface area contributed by atoms with Gasteiger partial charge in [-0.15, -0.1) is 0 Å². The largest absolute Gasteiger partial charge is 0.324 e. The fourth-order valence-electron chi connectivity index (χ4n) is 4.60. The fourth-order valence-corrected chi connectivity index (χ4v) is 4.60. The van der Waals surface area contributed by atoms with Gasteiger partial charge in [-0.2, -0.15) is 0 Å². The maximum Gasteiger partial charge on any atom is 0.250 e. The van der Waals surface area contributed by atoms with Gasteiger partial charge in [0.15, 0.2) is 0 Å². The van der Waals surface area contributed by atoms with E-state index < -0.39 is 11.5 Å². The maximum absolute atomic E-state index is 13.1. The molecular formula is C20H20N2O2. The van der Waals surface area contributed by atoms with Gasteiger partial charge in [-0.1, -0.05) is 48.5 Å². The van der Waals surface area contributed by atoms with Crippen molar-refractivity contribution >= 4 is 17.4 Å². The lowest BCUT2D eigenvalue weighted by Crippen LogP contribution is -2.50. The Labute approximate surface area is 141 Å². The molecule has 2 aliphatic rings. The third-order valence-corrected chi connectivity index (χ3v) is 5.52. The van der Waals surface area contributed by atoms with Crippen molar-refractivity contribution in [3.63, 3.8) is 0 Å². The van der Waals surface area contributed by atoms with Crippen molar-refractivity contribution in [1.82, 2.24) is 4.90 Å². The van der Waals surface area contributed by atoms with E-state index in [1.165, 1.54) is 0 Å². The highest BCUT2D eigenvalue weighted by Crippen LogP contribution is 2.54. The highest BCUT2D eigenvalue weighted by molar-refractivity contribution is 6.09. The van der Waals surface area contributed by atoms with Crippen molar-refractivity contribution in [3.05, 3.63) is 65.7 Å². The van der Waals surface area contributed by atoms with E-state index in [1.807, 2.05) is 61.6 Å². The average Bonchev–Trinajstić information content (AvgIpc) is 3.05. The number of anilines is 1. The molecule has 1 N–H and O–H groups in total. The highest BCUT2D eigenvalue weighted by Gasteiger charge is 2.63. The molecule has 1 amide bonds. The Morgan fingerprint density at radius 1 is 1.12 bits per heavy atom. The molecule has 0 radical (unpaired) electrons. The molecule has 0 aromatic heterocycles. The summed E-state index contributed by atoms with van der Waals surface area (Å²) in [5, 5.41) is 2.98. The zero-order valence-corrected chi connectivity index (χ0v) is 13.8. The van der Waals surface area contributed by atoms with Crippen molar-refractivity contribution in [2.75, 3.05) is 18.9 Å². The first-order chi connectivity index (χ1) is 11.6. The monoisotopic (exact) mass is 320 g/mol. The zero-order valence-electron chi connectivity index (χ0n) is 13.8. The first-order valence-electron chi connectivity index (χ1n) is 8.24. The number of para-hydroxylation sites is 1. The molecule has 1 fully saturated rings. The molecule has 4 rings (SSSR count). The lowest BCUT2D eigenvalue weighted by atomic mass is 9.72. The molecule has 4 nitrogen and oxygen atoms in total. The van der Waals surface area contributed by atoms with Gasteiger partial charge in [0, 0.05) is 23.7 Å². The summed E-state index contributed by atoms with van der Waals surface area (Å²) in [6, 6.07) is 17.7. The molecular weight excluding hydrogens is 300 g/mol. The SMILES string of the molecule is CC(=O)C1C(c2ccccc2)CN(C)C12C(=O)Nc1ccccc12. The number of carbonyl (C=O) groups excluding carboxylic acids is 2. The van der Waals surface area contributed by atoms with Crippen LogP contribution >= 0.6 is 0 Å². The van der Waals surface area contributed by atoms with Gasteiger partial charge in [-0.25, -0.2) is 0 Å². The Morgan fingerprint density at radius 3 is 2.50 bits per heavy atom. The number of amides is 1. The molecule has 2 aliphatic heterocycles. The first-order valence-corrected chi connectivity index (χ1v) is 8.24. The molecule has 0 aliphatic carbocycles. The van der Waals surface area contributed by atoms with Crippen LogP contribution in [0.5, 0.6) is 0 Å². The van der Waals surface area contributed by atoms with E-state index >= 15 is 0 Å². The van der Waals surface area contributed by atoms with E-state index in [-0.39, 0.29) is 17.6 Å². The number of rotatable bonds is 2. The third-order valence-electron chi connectivity index (χ3n) is 5.52. The number of ketones is 1. The second kappa shape index (κ2) is 5.28. The number of nitrogens with zero attached hydrogens (tertiary/aromatic N) is 1. The normalized spacial score (nSPS) is 28.8. The van der Waals surface area contributed by atoms with Crippen LogP contribution in [-0.4, -0.2) is 30.2 Å². The summed E-state index contributed by atoms with van der Waals surface area (Å²) in [5.41, 5.74) is 1.92. The number of fused-ring (bicyclic) bond motifs is 2. The quantitative estimate of drug-likeness (QED) is 0.925. The third kappa shape index (κ3) is 1.83. The van der Waals surface area contributed by atoms with E-state index in [9.17, 15) is 9.59 Å². The molecule has 2 aromatic carbocycles. The number of hydrogen-bond donors (Lipinski definition) is 1. The molecule has 3 atom stereocenters. The Balaban J connectivity index is 1.92. The Kier molecular flexibility index (Phi) is 3.32. The Bertz CT molecular complexity index is 817. The molecule has 0 bridgehead atoms. The van der Waals surface area contributed by atoms with Crippen LogP contribution in [-0.2, 0) is 15.1 Å². The van der Waals surface area contributed by atoms with Crippen LogP contribution in [0.25, 0.3) is 0 Å². The summed E-state index contributed by atoms with van der Waals surface area (Å²) >= 11 is 0. The number of carbonyl (C=O) groups is 2. The standard InChI is InChI=1S/C20H20N2O2/c1-13(23)18-15(14-8-4-3-5-9-14)12-22(2)20(18)16-10-6-7-11-17(16)21-19(20)24/h3-11,15,18H,12H2,1-2H3,(H,21,24). The molecule has 0 saturated carbocycles. The van der Waals surface area contributed by atoms with Gasteiger partial charge in [-0.3, -0.25) is 14.5 Å². The number of likely N-dealkylation sites (N-methyl/N-ethyl adjacent to an activating group) is 1. The molecule has 1 saturated heterocycles. The average molecular weight is 320 g/mol. The summed E-state index contributed by atoms with van der Waals surface area (Å²) in [6.07, 6.45) is 0. The minimum absolute atomic E-state index is 0.00519. The van der Waals surface area contributed by atoms with Crippen LogP contribution in [0.1, 0.15) is 24.0 Å². The van der Waals surface area contributed by atoms with Gasteiger partial charge in [0.2, 0.25) is 5.91 Å². The molecule has 3 unspecified atom stereocenters. The van der Waals surface area contributed by atoms with Gasteiger partial charge in [0.05, 0.1) is 5.92 Å². The van der Waals surface area contributed by atoms with Crippen molar-refractivity contribution in [2.45, 2.75) is 18.4 Å². The van der Waals surface area contributed by atoms with Crippen LogP contribution in [0, 0.1) is 5.92 Å². The topological polar surface area (TPSA) is 49.4 Å². The number of benzene rings is 2. The maximum atomic E-state index is 13.1. The molecule has 2 heterocycles. The number of Topliss-reactive ketones (excluding diaryl/α,β-unsaturated/α-hetero) is 1. The van der Waals surface area contributed by atoms with Crippen molar-refractivity contribution in [2.24, 2.45) is 5.92 Å². The summed E-state index contributed by atoms with van der Waals surface area (Å²) in [7, 11) is 1.94. The number of likely N-dealkylation sites (tertiary alicyclic amines) is 1. The summed E-state index contributed by atoms with van der Waals surface area (Å²) in [5.74, 6) is -0.427. The lowest BCUT2D eigenvalue weighted by Gasteiger charge is -2.34. The van der Waals surface area contributed by atoms with Gasteiger partial charge in [-0.05, 0) is 25.6 Å². The van der Waals surface area contributed by atoms with E-state index in [0.717, 1.165) is 16.8 Å². The summed E-state index contributed by atoms with van der Waals surface area (Å²) in [4.78, 5) is 27.8. The number of nitrogens with one attached hydrogen (secondary N) is 1. The predicted octanol–water partition coefficient (Wildman–Crippen LogP) is 2.77. The second-order valence-corrected chi connectivity index (χ2v) is 6.75. The zero-order chi connectivity index (χ0) is 16.9. The fraction of sp³-hybridized carbons (Fsp3) is 0.300. The summed E-state index contributed by atoms with van der Waals surface area (Å²) < 4.78 is 0. The van der Waals surface area contributed by atoms with Gasteiger partial charge >= 0.3 is 0 Å². The molecule has 2 aromatic rings. The van der Waals surface area contributed by atoms with Crippen molar-refractivity contribution in [1.29, 1.82) is 0 Å². The smallest absolute Gasteiger partial charge is 0.250 e. The minimum atomic E-state index is -0.914. The number of hydrogen-bond acceptors (Lipinski definition) is 3. The van der Waals surface area contributed by atoms with E-state index in [4.69, 9.17) is 0 Å².